The number of β-amino-alcohol motifs (C(OH)–C–C–N with tert-alkyl or cyclic N) is 1. The van der Waals surface area contributed by atoms with Gasteiger partial charge >= 0.3 is 0 Å². The van der Waals surface area contributed by atoms with Gasteiger partial charge in [-0.2, -0.15) is 0 Å². The summed E-state index contributed by atoms with van der Waals surface area (Å²) >= 11 is 0. The molecule has 2 rings (SSSR count). The highest BCUT2D eigenvalue weighted by Gasteiger charge is 2.25. The molecule has 0 amide bonds. The molecule has 4 N–H and O–H groups in total. The normalized spacial score (nSPS) is 23.0. The van der Waals surface area contributed by atoms with E-state index >= 15 is 0 Å². The van der Waals surface area contributed by atoms with Crippen LogP contribution in [0.1, 0.15) is 31.9 Å². The van der Waals surface area contributed by atoms with Gasteiger partial charge in [0.2, 0.25) is 0 Å². The Labute approximate surface area is 131 Å². The molecule has 0 saturated heterocycles. The van der Waals surface area contributed by atoms with E-state index in [1.54, 1.807) is 0 Å². The maximum Gasteiger partial charge on any atom is 0.119 e. The molecule has 0 aliphatic heterocycles. The SMILES string of the molecule is CC(C)(C)NCC(O)COc1ccc2c(c1)C[C@@H](O)[C@@H](O)C2. The van der Waals surface area contributed by atoms with E-state index in [2.05, 4.69) is 5.32 Å². The first-order valence-electron chi connectivity index (χ1n) is 7.78. The van der Waals surface area contributed by atoms with Crippen molar-refractivity contribution in [2.45, 2.75) is 57.5 Å². The van der Waals surface area contributed by atoms with Crippen molar-refractivity contribution >= 4 is 0 Å². The van der Waals surface area contributed by atoms with Crippen LogP contribution in [0.3, 0.4) is 0 Å². The number of nitrogens with one attached hydrogen (secondary N) is 1. The number of benzene rings is 1. The third-order valence-electron chi connectivity index (χ3n) is 3.79. The van der Waals surface area contributed by atoms with Crippen molar-refractivity contribution < 1.29 is 20.1 Å². The Morgan fingerprint density at radius 2 is 1.82 bits per heavy atom. The van der Waals surface area contributed by atoms with Crippen LogP contribution in [0.2, 0.25) is 0 Å². The van der Waals surface area contributed by atoms with Gasteiger partial charge in [-0.05, 0) is 44.0 Å². The quantitative estimate of drug-likeness (QED) is 0.641. The van der Waals surface area contributed by atoms with E-state index in [4.69, 9.17) is 4.74 Å². The maximum absolute atomic E-state index is 9.93. The largest absolute Gasteiger partial charge is 0.491 e. The molecule has 5 nitrogen and oxygen atoms in total. The molecule has 0 fully saturated rings. The molecule has 1 aliphatic carbocycles. The molecule has 124 valence electrons. The van der Waals surface area contributed by atoms with Crippen molar-refractivity contribution in [2.75, 3.05) is 13.2 Å². The van der Waals surface area contributed by atoms with E-state index in [1.807, 2.05) is 39.0 Å². The number of hydrogen-bond donors (Lipinski definition) is 4. The number of aliphatic hydroxyl groups excluding tert-OH is 3. The van der Waals surface area contributed by atoms with Gasteiger partial charge in [-0.15, -0.1) is 0 Å². The number of fused-ring (bicyclic) bond motifs is 1. The molecule has 5 heteroatoms. The summed E-state index contributed by atoms with van der Waals surface area (Å²) < 4.78 is 5.63. The van der Waals surface area contributed by atoms with Crippen LogP contribution in [0.25, 0.3) is 0 Å². The third-order valence-corrected chi connectivity index (χ3v) is 3.79. The van der Waals surface area contributed by atoms with E-state index < -0.39 is 18.3 Å². The van der Waals surface area contributed by atoms with Crippen molar-refractivity contribution in [3.8, 4) is 5.75 Å². The summed E-state index contributed by atoms with van der Waals surface area (Å²) in [5.74, 6) is 0.678. The van der Waals surface area contributed by atoms with E-state index in [0.717, 1.165) is 11.1 Å². The van der Waals surface area contributed by atoms with Crippen molar-refractivity contribution in [3.05, 3.63) is 29.3 Å². The van der Waals surface area contributed by atoms with Crippen LogP contribution < -0.4 is 10.1 Å². The minimum Gasteiger partial charge on any atom is -0.491 e. The third kappa shape index (κ3) is 4.95. The fraction of sp³-hybridized carbons (Fsp3) is 0.647. The van der Waals surface area contributed by atoms with Gasteiger partial charge in [0.1, 0.15) is 18.5 Å². The van der Waals surface area contributed by atoms with Gasteiger partial charge in [-0.25, -0.2) is 0 Å². The lowest BCUT2D eigenvalue weighted by molar-refractivity contribution is 0.0140. The molecule has 22 heavy (non-hydrogen) atoms. The summed E-state index contributed by atoms with van der Waals surface area (Å²) in [4.78, 5) is 0. The smallest absolute Gasteiger partial charge is 0.119 e. The summed E-state index contributed by atoms with van der Waals surface area (Å²) in [6, 6.07) is 5.64. The molecule has 0 saturated carbocycles. The van der Waals surface area contributed by atoms with E-state index in [1.165, 1.54) is 0 Å². The van der Waals surface area contributed by atoms with E-state index in [9.17, 15) is 15.3 Å². The molecule has 0 spiro atoms. The Balaban J connectivity index is 1.88. The lowest BCUT2D eigenvalue weighted by atomic mass is 9.88. The standard InChI is InChI=1S/C17H27NO4/c1-17(2,3)18-9-13(19)10-22-14-5-4-11-7-15(20)16(21)8-12(11)6-14/h4-6,13,15-16,18-21H,7-10H2,1-3H3/t13?,15-,16+/m0/s1. The summed E-state index contributed by atoms with van der Waals surface area (Å²) in [6.07, 6.45) is -1.09. The Bertz CT molecular complexity index is 498. The predicted molar refractivity (Wildman–Crippen MR) is 85.1 cm³/mol. The minimum atomic E-state index is -0.718. The first-order valence-corrected chi connectivity index (χ1v) is 7.78. The number of ether oxygens (including phenoxy) is 1. The van der Waals surface area contributed by atoms with Crippen molar-refractivity contribution in [1.82, 2.24) is 5.32 Å². The van der Waals surface area contributed by atoms with Crippen LogP contribution in [0, 0.1) is 0 Å². The van der Waals surface area contributed by atoms with Gasteiger partial charge in [0.15, 0.2) is 0 Å². The summed E-state index contributed by atoms with van der Waals surface area (Å²) in [5.41, 5.74) is 2.00. The Morgan fingerprint density at radius 1 is 1.18 bits per heavy atom. The molecular weight excluding hydrogens is 282 g/mol. The first kappa shape index (κ1) is 17.2. The van der Waals surface area contributed by atoms with Gasteiger partial charge in [0, 0.05) is 24.9 Å². The van der Waals surface area contributed by atoms with E-state index in [-0.39, 0.29) is 12.1 Å². The number of aliphatic hydroxyl groups is 3. The summed E-state index contributed by atoms with van der Waals surface area (Å²) in [6.45, 7) is 6.82. The van der Waals surface area contributed by atoms with Crippen molar-refractivity contribution in [3.63, 3.8) is 0 Å². The van der Waals surface area contributed by atoms with Gasteiger partial charge in [0.05, 0.1) is 12.2 Å². The summed E-state index contributed by atoms with van der Waals surface area (Å²) in [5, 5.41) is 32.6. The summed E-state index contributed by atoms with van der Waals surface area (Å²) in [7, 11) is 0. The second-order valence-corrected chi connectivity index (χ2v) is 7.07. The van der Waals surface area contributed by atoms with Crippen LogP contribution in [-0.2, 0) is 12.8 Å². The monoisotopic (exact) mass is 309 g/mol. The second kappa shape index (κ2) is 6.96. The lowest BCUT2D eigenvalue weighted by Gasteiger charge is -2.26. The topological polar surface area (TPSA) is 82.0 Å². The minimum absolute atomic E-state index is 0.0379. The van der Waals surface area contributed by atoms with Crippen LogP contribution in [0.5, 0.6) is 5.75 Å². The van der Waals surface area contributed by atoms with Gasteiger partial charge in [0.25, 0.3) is 0 Å². The zero-order valence-corrected chi connectivity index (χ0v) is 13.5. The Hall–Kier alpha value is -1.14. The fourth-order valence-electron chi connectivity index (χ4n) is 2.48. The number of hydrogen-bond acceptors (Lipinski definition) is 5. The molecule has 0 radical (unpaired) electrons. The van der Waals surface area contributed by atoms with Gasteiger partial charge in [-0.1, -0.05) is 6.07 Å². The molecule has 0 aromatic heterocycles. The predicted octanol–water partition coefficient (Wildman–Crippen LogP) is 0.635. The highest BCUT2D eigenvalue weighted by atomic mass is 16.5. The fourth-order valence-corrected chi connectivity index (χ4v) is 2.48. The lowest BCUT2D eigenvalue weighted by Crippen LogP contribution is -2.42. The van der Waals surface area contributed by atoms with Crippen LogP contribution in [0.15, 0.2) is 18.2 Å². The zero-order valence-electron chi connectivity index (χ0n) is 13.5. The average Bonchev–Trinajstić information content (AvgIpc) is 2.43. The van der Waals surface area contributed by atoms with Crippen molar-refractivity contribution in [2.24, 2.45) is 0 Å². The molecule has 0 heterocycles. The number of rotatable bonds is 5. The molecule has 1 aromatic carbocycles. The molecule has 0 bridgehead atoms. The second-order valence-electron chi connectivity index (χ2n) is 7.07. The van der Waals surface area contributed by atoms with Gasteiger partial charge in [-0.3, -0.25) is 0 Å². The zero-order chi connectivity index (χ0) is 16.3. The average molecular weight is 309 g/mol. The highest BCUT2D eigenvalue weighted by molar-refractivity contribution is 5.38. The molecule has 3 atom stereocenters. The van der Waals surface area contributed by atoms with Gasteiger partial charge < -0.3 is 25.4 Å². The molecule has 1 unspecified atom stereocenters. The van der Waals surface area contributed by atoms with Crippen molar-refractivity contribution in [1.29, 1.82) is 0 Å². The van der Waals surface area contributed by atoms with Crippen LogP contribution in [-0.4, -0.2) is 52.3 Å². The maximum atomic E-state index is 9.93. The van der Waals surface area contributed by atoms with Crippen LogP contribution in [0.4, 0.5) is 0 Å². The highest BCUT2D eigenvalue weighted by Crippen LogP contribution is 2.26. The van der Waals surface area contributed by atoms with Crippen LogP contribution >= 0.6 is 0 Å². The molecular formula is C17H27NO4. The molecule has 1 aliphatic rings. The van der Waals surface area contributed by atoms with E-state index in [0.29, 0.717) is 25.1 Å². The Kier molecular flexibility index (Phi) is 5.45. The molecule has 1 aromatic rings. The first-order chi connectivity index (χ1) is 10.2. The Morgan fingerprint density at radius 3 is 2.45 bits per heavy atom.